The summed E-state index contributed by atoms with van der Waals surface area (Å²) in [6, 6.07) is 8.38. The van der Waals surface area contributed by atoms with Crippen LogP contribution in [-0.4, -0.2) is 52.1 Å². The van der Waals surface area contributed by atoms with Gasteiger partial charge in [-0.2, -0.15) is 5.10 Å². The summed E-state index contributed by atoms with van der Waals surface area (Å²) < 4.78 is 6.92. The van der Waals surface area contributed by atoms with Gasteiger partial charge in [-0.25, -0.2) is 4.79 Å². The van der Waals surface area contributed by atoms with Crippen LogP contribution in [0.5, 0.6) is 0 Å². The Balaban J connectivity index is 1.83. The van der Waals surface area contributed by atoms with E-state index in [1.165, 1.54) is 10.2 Å². The molecule has 1 aliphatic heterocycles. The summed E-state index contributed by atoms with van der Waals surface area (Å²) in [5.74, 6) is -1.01. The van der Waals surface area contributed by atoms with Gasteiger partial charge >= 0.3 is 5.97 Å². The van der Waals surface area contributed by atoms with Gasteiger partial charge in [-0.15, -0.1) is 0 Å². The molecule has 0 radical (unpaired) electrons. The van der Waals surface area contributed by atoms with Crippen molar-refractivity contribution in [3.05, 3.63) is 41.7 Å². The molecule has 1 fully saturated rings. The minimum Gasteiger partial charge on any atom is -0.476 e. The number of nitrogens with zero attached hydrogens (tertiary/aromatic N) is 3. The second kappa shape index (κ2) is 6.52. The number of carboxylic acids is 1. The molecule has 3 rings (SSSR count). The minimum absolute atomic E-state index is 0.0847. The molecule has 23 heavy (non-hydrogen) atoms. The number of aryl methyl sites for hydroxylation is 1. The molecule has 0 bridgehead atoms. The van der Waals surface area contributed by atoms with Crippen LogP contribution < -0.4 is 0 Å². The SMILES string of the molecule is C[C@H](c1ccc(-c2cn(C)nc2C(=O)O)cc1)N1CCOCC1. The Morgan fingerprint density at radius 2 is 1.91 bits per heavy atom. The van der Waals surface area contributed by atoms with Crippen molar-refractivity contribution in [3.8, 4) is 11.1 Å². The highest BCUT2D eigenvalue weighted by Gasteiger charge is 2.20. The zero-order valence-corrected chi connectivity index (χ0v) is 13.4. The Bertz CT molecular complexity index is 688. The summed E-state index contributed by atoms with van der Waals surface area (Å²) >= 11 is 0. The summed E-state index contributed by atoms with van der Waals surface area (Å²) in [4.78, 5) is 13.7. The number of carboxylic acid groups (broad SMARTS) is 1. The Labute approximate surface area is 135 Å². The van der Waals surface area contributed by atoms with E-state index in [-0.39, 0.29) is 5.69 Å². The van der Waals surface area contributed by atoms with Gasteiger partial charge in [-0.1, -0.05) is 24.3 Å². The first-order valence-electron chi connectivity index (χ1n) is 7.75. The smallest absolute Gasteiger partial charge is 0.357 e. The summed E-state index contributed by atoms with van der Waals surface area (Å²) in [7, 11) is 1.73. The maximum Gasteiger partial charge on any atom is 0.357 e. The van der Waals surface area contributed by atoms with Crippen LogP contribution in [0.2, 0.25) is 0 Å². The van der Waals surface area contributed by atoms with E-state index in [1.54, 1.807) is 13.2 Å². The molecule has 0 amide bonds. The van der Waals surface area contributed by atoms with Crippen LogP contribution in [0, 0.1) is 0 Å². The van der Waals surface area contributed by atoms with E-state index in [1.807, 2.05) is 12.1 Å². The molecular weight excluding hydrogens is 294 g/mol. The summed E-state index contributed by atoms with van der Waals surface area (Å²) in [6.07, 6.45) is 1.74. The van der Waals surface area contributed by atoms with Crippen LogP contribution in [0.4, 0.5) is 0 Å². The first kappa shape index (κ1) is 15.7. The molecular formula is C17H21N3O3. The lowest BCUT2D eigenvalue weighted by molar-refractivity contribution is 0.0198. The van der Waals surface area contributed by atoms with Gasteiger partial charge in [0.2, 0.25) is 0 Å². The monoisotopic (exact) mass is 315 g/mol. The van der Waals surface area contributed by atoms with Crippen molar-refractivity contribution in [2.75, 3.05) is 26.3 Å². The lowest BCUT2D eigenvalue weighted by Gasteiger charge is -2.32. The molecule has 0 aliphatic carbocycles. The highest BCUT2D eigenvalue weighted by molar-refractivity contribution is 5.93. The average molecular weight is 315 g/mol. The molecule has 6 heteroatoms. The van der Waals surface area contributed by atoms with Gasteiger partial charge in [-0.3, -0.25) is 9.58 Å². The van der Waals surface area contributed by atoms with Crippen molar-refractivity contribution in [2.45, 2.75) is 13.0 Å². The third-order valence-corrected chi connectivity index (χ3v) is 4.33. The van der Waals surface area contributed by atoms with Crippen molar-refractivity contribution < 1.29 is 14.6 Å². The standard InChI is InChI=1S/C17H21N3O3/c1-12(20-7-9-23-10-8-20)13-3-5-14(6-4-13)15-11-19(2)18-16(15)17(21)22/h3-6,11-12H,7-10H2,1-2H3,(H,21,22)/t12-/m1/s1. The fourth-order valence-corrected chi connectivity index (χ4v) is 2.97. The fraction of sp³-hybridized carbons (Fsp3) is 0.412. The van der Waals surface area contributed by atoms with Crippen LogP contribution >= 0.6 is 0 Å². The molecule has 0 unspecified atom stereocenters. The van der Waals surface area contributed by atoms with Gasteiger partial charge in [-0.05, 0) is 18.1 Å². The average Bonchev–Trinajstić information content (AvgIpc) is 2.97. The van der Waals surface area contributed by atoms with Gasteiger partial charge in [0, 0.05) is 37.9 Å². The molecule has 6 nitrogen and oxygen atoms in total. The quantitative estimate of drug-likeness (QED) is 0.936. The normalized spacial score (nSPS) is 17.1. The van der Waals surface area contributed by atoms with E-state index in [2.05, 4.69) is 29.1 Å². The van der Waals surface area contributed by atoms with E-state index >= 15 is 0 Å². The first-order chi connectivity index (χ1) is 11.1. The minimum atomic E-state index is -1.01. The third kappa shape index (κ3) is 3.28. The number of benzene rings is 1. The van der Waals surface area contributed by atoms with Crippen LogP contribution in [0.3, 0.4) is 0 Å². The summed E-state index contributed by atoms with van der Waals surface area (Å²) in [5, 5.41) is 13.3. The fourth-order valence-electron chi connectivity index (χ4n) is 2.97. The number of aromatic carboxylic acids is 1. The maximum atomic E-state index is 11.3. The Morgan fingerprint density at radius 3 is 2.52 bits per heavy atom. The molecule has 1 N–H and O–H groups in total. The number of hydrogen-bond donors (Lipinski definition) is 1. The van der Waals surface area contributed by atoms with Gasteiger partial charge in [0.05, 0.1) is 13.2 Å². The Kier molecular flexibility index (Phi) is 4.45. The van der Waals surface area contributed by atoms with E-state index in [0.29, 0.717) is 11.6 Å². The highest BCUT2D eigenvalue weighted by atomic mass is 16.5. The molecule has 2 aromatic rings. The predicted octanol–water partition coefficient (Wildman–Crippen LogP) is 2.18. The second-order valence-corrected chi connectivity index (χ2v) is 5.82. The van der Waals surface area contributed by atoms with Gasteiger partial charge in [0.15, 0.2) is 5.69 Å². The predicted molar refractivity (Wildman–Crippen MR) is 86.4 cm³/mol. The van der Waals surface area contributed by atoms with Crippen LogP contribution in [-0.2, 0) is 11.8 Å². The lowest BCUT2D eigenvalue weighted by Crippen LogP contribution is -2.37. The van der Waals surface area contributed by atoms with E-state index < -0.39 is 5.97 Å². The number of rotatable bonds is 4. The molecule has 1 aliphatic rings. The van der Waals surface area contributed by atoms with Gasteiger partial charge in [0.1, 0.15) is 0 Å². The van der Waals surface area contributed by atoms with E-state index in [9.17, 15) is 9.90 Å². The van der Waals surface area contributed by atoms with Crippen molar-refractivity contribution in [1.29, 1.82) is 0 Å². The molecule has 1 aromatic carbocycles. The van der Waals surface area contributed by atoms with Gasteiger partial charge < -0.3 is 9.84 Å². The molecule has 1 aromatic heterocycles. The second-order valence-electron chi connectivity index (χ2n) is 5.82. The van der Waals surface area contributed by atoms with Gasteiger partial charge in [0.25, 0.3) is 0 Å². The van der Waals surface area contributed by atoms with E-state index in [0.717, 1.165) is 31.9 Å². The van der Waals surface area contributed by atoms with Crippen molar-refractivity contribution in [3.63, 3.8) is 0 Å². The summed E-state index contributed by atoms with van der Waals surface area (Å²) in [5.41, 5.74) is 2.82. The summed E-state index contributed by atoms with van der Waals surface area (Å²) in [6.45, 7) is 5.62. The molecule has 1 atom stereocenters. The third-order valence-electron chi connectivity index (χ3n) is 4.33. The topological polar surface area (TPSA) is 67.6 Å². The largest absolute Gasteiger partial charge is 0.476 e. The zero-order valence-electron chi connectivity index (χ0n) is 13.4. The van der Waals surface area contributed by atoms with Crippen molar-refractivity contribution in [1.82, 2.24) is 14.7 Å². The Morgan fingerprint density at radius 1 is 1.26 bits per heavy atom. The first-order valence-corrected chi connectivity index (χ1v) is 7.75. The number of aromatic nitrogens is 2. The number of morpholine rings is 1. The van der Waals surface area contributed by atoms with Crippen molar-refractivity contribution in [2.24, 2.45) is 7.05 Å². The molecule has 2 heterocycles. The lowest BCUT2D eigenvalue weighted by atomic mass is 10.0. The van der Waals surface area contributed by atoms with Crippen molar-refractivity contribution >= 4 is 5.97 Å². The number of hydrogen-bond acceptors (Lipinski definition) is 4. The molecule has 1 saturated heterocycles. The molecule has 122 valence electrons. The van der Waals surface area contributed by atoms with Crippen LogP contribution in [0.25, 0.3) is 11.1 Å². The van der Waals surface area contributed by atoms with E-state index in [4.69, 9.17) is 4.74 Å². The molecule has 0 spiro atoms. The van der Waals surface area contributed by atoms with Crippen LogP contribution in [0.15, 0.2) is 30.5 Å². The Hall–Kier alpha value is -2.18. The molecule has 0 saturated carbocycles. The van der Waals surface area contributed by atoms with Crippen LogP contribution in [0.1, 0.15) is 29.0 Å². The number of carbonyl (C=O) groups is 1. The maximum absolute atomic E-state index is 11.3. The highest BCUT2D eigenvalue weighted by Crippen LogP contribution is 2.27. The zero-order chi connectivity index (χ0) is 16.4. The number of ether oxygens (including phenoxy) is 1.